The van der Waals surface area contributed by atoms with E-state index >= 15 is 0 Å². The Balaban J connectivity index is 2.24. The van der Waals surface area contributed by atoms with Crippen molar-refractivity contribution in [2.75, 3.05) is 21.3 Å². The van der Waals surface area contributed by atoms with E-state index < -0.39 is 22.7 Å². The van der Waals surface area contributed by atoms with Crippen molar-refractivity contribution in [1.82, 2.24) is 0 Å². The highest BCUT2D eigenvalue weighted by atomic mass is 16.5. The molecule has 0 amide bonds. The van der Waals surface area contributed by atoms with Crippen molar-refractivity contribution in [1.29, 1.82) is 0 Å². The molecule has 1 aromatic carbocycles. The molecule has 4 atom stereocenters. The first-order chi connectivity index (χ1) is 12.7. The third-order valence-electron chi connectivity index (χ3n) is 6.63. The van der Waals surface area contributed by atoms with E-state index in [0.717, 1.165) is 24.0 Å². The Hall–Kier alpha value is -2.37. The number of hydrogen-bond acceptors (Lipinski definition) is 6. The van der Waals surface area contributed by atoms with Crippen LogP contribution in [-0.2, 0) is 29.2 Å². The number of esters is 3. The summed E-state index contributed by atoms with van der Waals surface area (Å²) in [6, 6.07) is 5.27. The standard InChI is InChI=1S/C21H26O6/c1-20-9-6-10-21(2,19(24)27-5)16(20)15(18(23)26-4)13-8-7-12(11-14(13)20)17(22)25-3/h7-8,11,15-16H,6,9-10H2,1-5H3/t15-,16+,20-,21+/m0/s1. The molecule has 3 rings (SSSR count). The average molecular weight is 374 g/mol. The van der Waals surface area contributed by atoms with E-state index in [-0.39, 0.29) is 17.9 Å². The molecule has 0 radical (unpaired) electrons. The molecule has 0 heterocycles. The second kappa shape index (κ2) is 6.66. The minimum absolute atomic E-state index is 0.304. The van der Waals surface area contributed by atoms with Gasteiger partial charge in [0.25, 0.3) is 0 Å². The van der Waals surface area contributed by atoms with Crippen LogP contribution in [0.15, 0.2) is 18.2 Å². The zero-order chi connectivity index (χ0) is 20.0. The fourth-order valence-corrected chi connectivity index (χ4v) is 5.47. The van der Waals surface area contributed by atoms with Gasteiger partial charge in [0.15, 0.2) is 0 Å². The van der Waals surface area contributed by atoms with Gasteiger partial charge in [-0.15, -0.1) is 0 Å². The molecule has 0 N–H and O–H groups in total. The van der Waals surface area contributed by atoms with E-state index in [9.17, 15) is 14.4 Å². The molecule has 1 aromatic rings. The van der Waals surface area contributed by atoms with Crippen molar-refractivity contribution in [2.24, 2.45) is 11.3 Å². The maximum absolute atomic E-state index is 12.8. The van der Waals surface area contributed by atoms with Gasteiger partial charge >= 0.3 is 17.9 Å². The Morgan fingerprint density at radius 1 is 1.00 bits per heavy atom. The molecular formula is C21H26O6. The van der Waals surface area contributed by atoms with Gasteiger partial charge in [-0.2, -0.15) is 0 Å². The highest BCUT2D eigenvalue weighted by molar-refractivity contribution is 5.91. The Labute approximate surface area is 159 Å². The first-order valence-electron chi connectivity index (χ1n) is 9.13. The van der Waals surface area contributed by atoms with E-state index in [0.29, 0.717) is 12.0 Å². The Bertz CT molecular complexity index is 800. The molecule has 2 aliphatic rings. The van der Waals surface area contributed by atoms with Crippen LogP contribution in [0.1, 0.15) is 60.5 Å². The first-order valence-corrected chi connectivity index (χ1v) is 9.13. The van der Waals surface area contributed by atoms with Gasteiger partial charge in [0.05, 0.1) is 38.2 Å². The molecule has 0 bridgehead atoms. The zero-order valence-corrected chi connectivity index (χ0v) is 16.5. The summed E-state index contributed by atoms with van der Waals surface area (Å²) in [6.45, 7) is 3.95. The quantitative estimate of drug-likeness (QED) is 0.598. The van der Waals surface area contributed by atoms with Gasteiger partial charge in [0.1, 0.15) is 0 Å². The third kappa shape index (κ3) is 2.65. The van der Waals surface area contributed by atoms with Crippen LogP contribution in [0, 0.1) is 11.3 Å². The van der Waals surface area contributed by atoms with E-state index in [4.69, 9.17) is 14.2 Å². The number of benzene rings is 1. The summed E-state index contributed by atoms with van der Waals surface area (Å²) in [5.41, 5.74) is 0.913. The van der Waals surface area contributed by atoms with Crippen LogP contribution in [0.25, 0.3) is 0 Å². The normalized spacial score (nSPS) is 31.4. The summed E-state index contributed by atoms with van der Waals surface area (Å²) in [6.07, 6.45) is 2.29. The number of ether oxygens (including phenoxy) is 3. The van der Waals surface area contributed by atoms with Crippen LogP contribution in [0.4, 0.5) is 0 Å². The lowest BCUT2D eigenvalue weighted by Gasteiger charge is -2.48. The molecule has 1 fully saturated rings. The molecule has 0 aliphatic heterocycles. The number of methoxy groups -OCH3 is 3. The lowest BCUT2D eigenvalue weighted by molar-refractivity contribution is -0.164. The van der Waals surface area contributed by atoms with Gasteiger partial charge < -0.3 is 14.2 Å². The maximum Gasteiger partial charge on any atom is 0.337 e. The summed E-state index contributed by atoms with van der Waals surface area (Å²) in [5, 5.41) is 0. The highest BCUT2D eigenvalue weighted by Gasteiger charge is 2.63. The van der Waals surface area contributed by atoms with E-state index in [2.05, 4.69) is 6.92 Å². The molecule has 0 saturated heterocycles. The van der Waals surface area contributed by atoms with Crippen LogP contribution in [0.3, 0.4) is 0 Å². The van der Waals surface area contributed by atoms with Crippen molar-refractivity contribution in [3.8, 4) is 0 Å². The smallest absolute Gasteiger partial charge is 0.337 e. The summed E-state index contributed by atoms with van der Waals surface area (Å²) in [5.74, 6) is -1.99. The first kappa shape index (κ1) is 19.4. The van der Waals surface area contributed by atoms with Crippen molar-refractivity contribution in [3.05, 3.63) is 34.9 Å². The second-order valence-corrected chi connectivity index (χ2v) is 7.95. The van der Waals surface area contributed by atoms with E-state index in [1.807, 2.05) is 6.92 Å². The van der Waals surface area contributed by atoms with Crippen LogP contribution < -0.4 is 0 Å². The van der Waals surface area contributed by atoms with Crippen molar-refractivity contribution in [2.45, 2.75) is 44.4 Å². The number of hydrogen-bond donors (Lipinski definition) is 0. The Morgan fingerprint density at radius 2 is 1.70 bits per heavy atom. The third-order valence-corrected chi connectivity index (χ3v) is 6.63. The predicted molar refractivity (Wildman–Crippen MR) is 97.4 cm³/mol. The van der Waals surface area contributed by atoms with Gasteiger partial charge in [-0.1, -0.05) is 19.4 Å². The van der Waals surface area contributed by atoms with Crippen LogP contribution in [0.5, 0.6) is 0 Å². The largest absolute Gasteiger partial charge is 0.469 e. The number of fused-ring (bicyclic) bond motifs is 3. The molecule has 6 heteroatoms. The second-order valence-electron chi connectivity index (χ2n) is 7.95. The summed E-state index contributed by atoms with van der Waals surface area (Å²) in [4.78, 5) is 37.6. The molecular weight excluding hydrogens is 348 g/mol. The summed E-state index contributed by atoms with van der Waals surface area (Å²) >= 11 is 0. The monoisotopic (exact) mass is 374 g/mol. The lowest BCUT2D eigenvalue weighted by Crippen LogP contribution is -2.51. The van der Waals surface area contributed by atoms with Crippen molar-refractivity contribution >= 4 is 17.9 Å². The fraction of sp³-hybridized carbons (Fsp3) is 0.571. The molecule has 0 unspecified atom stereocenters. The lowest BCUT2D eigenvalue weighted by atomic mass is 9.54. The van der Waals surface area contributed by atoms with Gasteiger partial charge in [-0.25, -0.2) is 4.79 Å². The summed E-state index contributed by atoms with van der Waals surface area (Å²) < 4.78 is 15.1. The van der Waals surface area contributed by atoms with Gasteiger partial charge in [0, 0.05) is 5.92 Å². The minimum atomic E-state index is -0.814. The number of carbonyl (C=O) groups is 3. The molecule has 6 nitrogen and oxygen atoms in total. The zero-order valence-electron chi connectivity index (χ0n) is 16.5. The van der Waals surface area contributed by atoms with Crippen LogP contribution in [-0.4, -0.2) is 39.2 Å². The Morgan fingerprint density at radius 3 is 2.30 bits per heavy atom. The van der Waals surface area contributed by atoms with E-state index in [1.54, 1.807) is 18.2 Å². The SMILES string of the molecule is COC(=O)c1ccc2c(c1)[C@]1(C)CCC[C@@](C)(C(=O)OC)[C@@H]1[C@H]2C(=O)OC. The van der Waals surface area contributed by atoms with E-state index in [1.165, 1.54) is 21.3 Å². The van der Waals surface area contributed by atoms with Gasteiger partial charge in [0.2, 0.25) is 0 Å². The van der Waals surface area contributed by atoms with Crippen LogP contribution >= 0.6 is 0 Å². The Kier molecular flexibility index (Phi) is 4.78. The minimum Gasteiger partial charge on any atom is -0.469 e. The van der Waals surface area contributed by atoms with Gasteiger partial charge in [-0.3, -0.25) is 9.59 Å². The van der Waals surface area contributed by atoms with Crippen molar-refractivity contribution in [3.63, 3.8) is 0 Å². The predicted octanol–water partition coefficient (Wildman–Crippen LogP) is 2.98. The highest BCUT2D eigenvalue weighted by Crippen LogP contribution is 2.63. The van der Waals surface area contributed by atoms with Crippen LogP contribution in [0.2, 0.25) is 0 Å². The number of carbonyl (C=O) groups excluding carboxylic acids is 3. The summed E-state index contributed by atoms with van der Waals surface area (Å²) in [7, 11) is 4.08. The molecule has 27 heavy (non-hydrogen) atoms. The molecule has 146 valence electrons. The molecule has 0 spiro atoms. The molecule has 0 aromatic heterocycles. The molecule has 1 saturated carbocycles. The maximum atomic E-state index is 12.8. The molecule has 2 aliphatic carbocycles. The van der Waals surface area contributed by atoms with Gasteiger partial charge in [-0.05, 0) is 48.4 Å². The average Bonchev–Trinajstić information content (AvgIpc) is 2.95. The topological polar surface area (TPSA) is 78.9 Å². The van der Waals surface area contributed by atoms with Crippen molar-refractivity contribution < 1.29 is 28.6 Å². The number of rotatable bonds is 3. The fourth-order valence-electron chi connectivity index (χ4n) is 5.47.